The third-order valence-corrected chi connectivity index (χ3v) is 2.87. The topological polar surface area (TPSA) is 49.7 Å². The molecule has 0 fully saturated rings. The van der Waals surface area contributed by atoms with E-state index in [0.29, 0.717) is 29.2 Å². The maximum atomic E-state index is 10.4. The zero-order valence-corrected chi connectivity index (χ0v) is 12.8. The van der Waals surface area contributed by atoms with Crippen molar-refractivity contribution in [1.82, 2.24) is 0 Å². The third kappa shape index (κ3) is 4.05. The minimum atomic E-state index is -0.0998. The lowest BCUT2D eigenvalue weighted by atomic mass is 10.0. The molecule has 0 atom stereocenters. The van der Waals surface area contributed by atoms with Gasteiger partial charge in [-0.15, -0.1) is 0 Å². The predicted molar refractivity (Wildman–Crippen MR) is 82.2 cm³/mol. The second kappa shape index (κ2) is 7.04. The van der Waals surface area contributed by atoms with Crippen molar-refractivity contribution in [2.45, 2.75) is 34.1 Å². The van der Waals surface area contributed by atoms with Crippen LogP contribution in [0.4, 0.5) is 0 Å². The number of ether oxygens (including phenoxy) is 1. The van der Waals surface area contributed by atoms with E-state index < -0.39 is 0 Å². The molecule has 3 nitrogen and oxygen atoms in total. The first kappa shape index (κ1) is 16.2. The molecule has 3 heteroatoms. The van der Waals surface area contributed by atoms with Crippen LogP contribution >= 0.6 is 0 Å². The zero-order chi connectivity index (χ0) is 15.3. The fourth-order valence-electron chi connectivity index (χ4n) is 1.75. The van der Waals surface area contributed by atoms with Crippen LogP contribution in [0.5, 0.6) is 17.2 Å². The van der Waals surface area contributed by atoms with E-state index in [2.05, 4.69) is 6.07 Å². The molecule has 0 saturated heterocycles. The van der Waals surface area contributed by atoms with Gasteiger partial charge in [0.05, 0.1) is 18.7 Å². The van der Waals surface area contributed by atoms with Gasteiger partial charge in [0.15, 0.2) is 0 Å². The van der Waals surface area contributed by atoms with Crippen LogP contribution < -0.4 is 4.74 Å². The van der Waals surface area contributed by atoms with Crippen molar-refractivity contribution in [3.63, 3.8) is 0 Å². The van der Waals surface area contributed by atoms with E-state index in [-0.39, 0.29) is 11.5 Å². The SMILES string of the molecule is COc1[c]c(O)c(/C=C\C(C)C)c(O)c1CC=C(C)C. The molecule has 1 rings (SSSR count). The quantitative estimate of drug-likeness (QED) is 0.796. The summed E-state index contributed by atoms with van der Waals surface area (Å²) in [7, 11) is 1.50. The van der Waals surface area contributed by atoms with Crippen molar-refractivity contribution in [1.29, 1.82) is 0 Å². The Morgan fingerprint density at radius 3 is 2.45 bits per heavy atom. The number of rotatable bonds is 5. The smallest absolute Gasteiger partial charge is 0.138 e. The van der Waals surface area contributed by atoms with Gasteiger partial charge in [-0.1, -0.05) is 37.6 Å². The molecule has 0 saturated carbocycles. The van der Waals surface area contributed by atoms with Crippen molar-refractivity contribution in [2.75, 3.05) is 7.11 Å². The lowest BCUT2D eigenvalue weighted by Crippen LogP contribution is -1.95. The molecule has 0 aliphatic carbocycles. The fourth-order valence-corrected chi connectivity index (χ4v) is 1.75. The normalized spacial score (nSPS) is 11.1. The summed E-state index contributed by atoms with van der Waals surface area (Å²) in [5, 5.41) is 20.3. The van der Waals surface area contributed by atoms with Gasteiger partial charge in [0.25, 0.3) is 0 Å². The van der Waals surface area contributed by atoms with Crippen LogP contribution in [-0.4, -0.2) is 17.3 Å². The average molecular weight is 275 g/mol. The zero-order valence-electron chi connectivity index (χ0n) is 12.8. The molecule has 0 heterocycles. The standard InChI is InChI=1S/C17H23O3/c1-11(2)6-8-13-15(18)10-16(20-5)14(17(13)19)9-7-12(3)4/h6-8,11,18-19H,9H2,1-5H3/b8-6-. The highest BCUT2D eigenvalue weighted by molar-refractivity contribution is 5.68. The molecule has 0 aromatic heterocycles. The van der Waals surface area contributed by atoms with Crippen LogP contribution in [0.25, 0.3) is 6.08 Å². The highest BCUT2D eigenvalue weighted by Crippen LogP contribution is 2.39. The molecule has 0 bridgehead atoms. The fraction of sp³-hybridized carbons (Fsp3) is 0.412. The van der Waals surface area contributed by atoms with Crippen LogP contribution in [0.1, 0.15) is 38.8 Å². The number of aromatic hydroxyl groups is 2. The van der Waals surface area contributed by atoms with E-state index in [1.807, 2.05) is 39.8 Å². The molecule has 0 unspecified atom stereocenters. The van der Waals surface area contributed by atoms with Crippen LogP contribution in [-0.2, 0) is 6.42 Å². The molecule has 0 aliphatic heterocycles. The van der Waals surface area contributed by atoms with E-state index >= 15 is 0 Å². The molecule has 1 aromatic rings. The second-order valence-corrected chi connectivity index (χ2v) is 5.34. The van der Waals surface area contributed by atoms with Gasteiger partial charge < -0.3 is 14.9 Å². The summed E-state index contributed by atoms with van der Waals surface area (Å²) < 4.78 is 5.19. The molecule has 20 heavy (non-hydrogen) atoms. The first-order valence-electron chi connectivity index (χ1n) is 6.72. The maximum Gasteiger partial charge on any atom is 0.138 e. The second-order valence-electron chi connectivity index (χ2n) is 5.34. The Bertz CT molecular complexity index is 522. The summed E-state index contributed by atoms with van der Waals surface area (Å²) >= 11 is 0. The van der Waals surface area contributed by atoms with Crippen molar-refractivity contribution >= 4 is 6.08 Å². The number of benzene rings is 1. The lowest BCUT2D eigenvalue weighted by molar-refractivity contribution is 0.389. The van der Waals surface area contributed by atoms with Gasteiger partial charge in [0.2, 0.25) is 0 Å². The van der Waals surface area contributed by atoms with Gasteiger partial charge in [-0.2, -0.15) is 0 Å². The highest BCUT2D eigenvalue weighted by atomic mass is 16.5. The van der Waals surface area contributed by atoms with Gasteiger partial charge >= 0.3 is 0 Å². The van der Waals surface area contributed by atoms with E-state index in [0.717, 1.165) is 5.57 Å². The van der Waals surface area contributed by atoms with Gasteiger partial charge in [-0.05, 0) is 26.2 Å². The Kier molecular flexibility index (Phi) is 5.68. The van der Waals surface area contributed by atoms with Crippen LogP contribution in [0.3, 0.4) is 0 Å². The summed E-state index contributed by atoms with van der Waals surface area (Å²) in [6.45, 7) is 8.05. The van der Waals surface area contributed by atoms with Crippen molar-refractivity contribution in [2.24, 2.45) is 5.92 Å². The number of phenols is 2. The molecule has 1 radical (unpaired) electrons. The molecule has 0 amide bonds. The molecule has 0 spiro atoms. The van der Waals surface area contributed by atoms with Crippen LogP contribution in [0.2, 0.25) is 0 Å². The number of allylic oxidation sites excluding steroid dienone is 3. The first-order chi connectivity index (χ1) is 9.36. The summed E-state index contributed by atoms with van der Waals surface area (Å²) in [6, 6.07) is 2.78. The number of hydrogen-bond acceptors (Lipinski definition) is 3. The number of hydrogen-bond donors (Lipinski definition) is 2. The Balaban J connectivity index is 3.33. The van der Waals surface area contributed by atoms with E-state index in [4.69, 9.17) is 4.74 Å². The van der Waals surface area contributed by atoms with Gasteiger partial charge in [-0.3, -0.25) is 0 Å². The Morgan fingerprint density at radius 1 is 1.30 bits per heavy atom. The minimum absolute atomic E-state index is 0.0486. The molecule has 1 aromatic carbocycles. The first-order valence-corrected chi connectivity index (χ1v) is 6.72. The Labute approximate surface area is 121 Å². The number of methoxy groups -OCH3 is 1. The van der Waals surface area contributed by atoms with Gasteiger partial charge in [0, 0.05) is 5.56 Å². The largest absolute Gasteiger partial charge is 0.507 e. The lowest BCUT2D eigenvalue weighted by Gasteiger charge is -2.13. The van der Waals surface area contributed by atoms with Gasteiger partial charge in [-0.25, -0.2) is 0 Å². The molecular weight excluding hydrogens is 252 g/mol. The number of phenolic OH excluding ortho intramolecular Hbond substituents is 2. The summed E-state index contributed by atoms with van der Waals surface area (Å²) in [4.78, 5) is 0. The van der Waals surface area contributed by atoms with Crippen molar-refractivity contribution < 1.29 is 14.9 Å². The van der Waals surface area contributed by atoms with E-state index in [9.17, 15) is 10.2 Å². The van der Waals surface area contributed by atoms with E-state index in [1.165, 1.54) is 7.11 Å². The Hall–Kier alpha value is -1.90. The molecule has 0 aliphatic rings. The predicted octanol–water partition coefficient (Wildman–Crippen LogP) is 4.08. The summed E-state index contributed by atoms with van der Waals surface area (Å²) in [5.74, 6) is 0.654. The van der Waals surface area contributed by atoms with Crippen LogP contribution in [0, 0.1) is 12.0 Å². The van der Waals surface area contributed by atoms with Crippen LogP contribution in [0.15, 0.2) is 17.7 Å². The van der Waals surface area contributed by atoms with Crippen molar-refractivity contribution in [3.8, 4) is 17.2 Å². The molecule has 109 valence electrons. The molecular formula is C17H23O3. The molecule has 2 N–H and O–H groups in total. The van der Waals surface area contributed by atoms with Crippen molar-refractivity contribution in [3.05, 3.63) is 34.9 Å². The average Bonchev–Trinajstić information content (AvgIpc) is 2.36. The highest BCUT2D eigenvalue weighted by Gasteiger charge is 2.16. The summed E-state index contributed by atoms with van der Waals surface area (Å²) in [5.41, 5.74) is 2.17. The van der Waals surface area contributed by atoms with Gasteiger partial charge in [0.1, 0.15) is 17.2 Å². The monoisotopic (exact) mass is 275 g/mol. The summed E-state index contributed by atoms with van der Waals surface area (Å²) in [6.07, 6.45) is 6.17. The minimum Gasteiger partial charge on any atom is -0.507 e. The maximum absolute atomic E-state index is 10.4. The third-order valence-electron chi connectivity index (χ3n) is 2.87. The van der Waals surface area contributed by atoms with E-state index in [1.54, 1.807) is 6.08 Å². The Morgan fingerprint density at radius 2 is 1.95 bits per heavy atom.